The number of hydrogen-bond acceptors (Lipinski definition) is 2. The third kappa shape index (κ3) is 3.80. The summed E-state index contributed by atoms with van der Waals surface area (Å²) in [5, 5.41) is 9.58. The molecule has 3 nitrogen and oxygen atoms in total. The third-order valence-electron chi connectivity index (χ3n) is 6.51. The Kier molecular flexibility index (Phi) is 5.02. The van der Waals surface area contributed by atoms with Crippen LogP contribution in [0.1, 0.15) is 59.8 Å². The van der Waals surface area contributed by atoms with E-state index in [4.69, 9.17) is 0 Å². The van der Waals surface area contributed by atoms with Gasteiger partial charge in [0.25, 0.3) is 0 Å². The number of hydrogen-bond donors (Lipinski definition) is 1. The van der Waals surface area contributed by atoms with Crippen molar-refractivity contribution in [1.82, 2.24) is 4.90 Å². The largest absolute Gasteiger partial charge is 0.481 e. The summed E-state index contributed by atoms with van der Waals surface area (Å²) < 4.78 is 0. The van der Waals surface area contributed by atoms with E-state index in [0.29, 0.717) is 11.3 Å². The number of carbonyl (C=O) groups is 1. The molecule has 2 saturated carbocycles. The zero-order valence-corrected chi connectivity index (χ0v) is 14.4. The smallest absolute Gasteiger partial charge is 0.308 e. The lowest BCUT2D eigenvalue weighted by molar-refractivity contribution is -0.146. The molecule has 0 aromatic heterocycles. The summed E-state index contributed by atoms with van der Waals surface area (Å²) in [4.78, 5) is 14.0. The number of aliphatic carboxylic acids is 1. The first-order valence-electron chi connectivity index (χ1n) is 8.69. The summed E-state index contributed by atoms with van der Waals surface area (Å²) in [5.41, 5.74) is 0.329. The molecular formula is C18H33NO2. The summed E-state index contributed by atoms with van der Waals surface area (Å²) in [6.07, 6.45) is 5.46. The number of carboxylic acid groups (broad SMARTS) is 1. The molecule has 5 atom stereocenters. The minimum absolute atomic E-state index is 0.173. The Hall–Kier alpha value is -0.570. The predicted octanol–water partition coefficient (Wildman–Crippen LogP) is 3.88. The van der Waals surface area contributed by atoms with Gasteiger partial charge in [-0.15, -0.1) is 0 Å². The molecule has 21 heavy (non-hydrogen) atoms. The summed E-state index contributed by atoms with van der Waals surface area (Å²) >= 11 is 0. The van der Waals surface area contributed by atoms with Gasteiger partial charge < -0.3 is 10.0 Å². The molecule has 0 radical (unpaired) electrons. The molecular weight excluding hydrogens is 262 g/mol. The maximum atomic E-state index is 11.6. The van der Waals surface area contributed by atoms with Crippen molar-refractivity contribution in [1.29, 1.82) is 0 Å². The average molecular weight is 295 g/mol. The summed E-state index contributed by atoms with van der Waals surface area (Å²) in [6.45, 7) is 10.3. The van der Waals surface area contributed by atoms with Crippen molar-refractivity contribution in [3.8, 4) is 0 Å². The molecule has 0 heterocycles. The van der Waals surface area contributed by atoms with Gasteiger partial charge >= 0.3 is 5.97 Å². The van der Waals surface area contributed by atoms with E-state index >= 15 is 0 Å². The zero-order valence-electron chi connectivity index (χ0n) is 14.4. The van der Waals surface area contributed by atoms with Crippen LogP contribution in [-0.4, -0.2) is 35.6 Å². The van der Waals surface area contributed by atoms with E-state index in [2.05, 4.69) is 39.6 Å². The van der Waals surface area contributed by atoms with E-state index in [0.717, 1.165) is 37.6 Å². The van der Waals surface area contributed by atoms with E-state index in [-0.39, 0.29) is 12.0 Å². The van der Waals surface area contributed by atoms with Gasteiger partial charge in [0.1, 0.15) is 0 Å². The van der Waals surface area contributed by atoms with Crippen LogP contribution in [-0.2, 0) is 4.79 Å². The molecule has 2 aliphatic rings. The van der Waals surface area contributed by atoms with Gasteiger partial charge in [-0.05, 0) is 55.9 Å². The normalized spacial score (nSPS) is 36.8. The SMILES string of the molecule is CCC(C)(C)C1CCC(C(=O)O)C(N(C)CC2CC2C)C1. The van der Waals surface area contributed by atoms with Crippen molar-refractivity contribution >= 4 is 5.97 Å². The summed E-state index contributed by atoms with van der Waals surface area (Å²) in [6, 6.07) is 0.222. The number of nitrogens with zero attached hydrogens (tertiary/aromatic N) is 1. The van der Waals surface area contributed by atoms with Crippen LogP contribution in [0.15, 0.2) is 0 Å². The lowest BCUT2D eigenvalue weighted by Gasteiger charge is -2.45. The Morgan fingerprint density at radius 2 is 1.90 bits per heavy atom. The Bertz CT molecular complexity index is 379. The molecule has 0 aromatic rings. The summed E-state index contributed by atoms with van der Waals surface area (Å²) in [7, 11) is 2.15. The molecule has 0 aliphatic heterocycles. The number of carboxylic acids is 1. The molecule has 122 valence electrons. The van der Waals surface area contributed by atoms with Gasteiger partial charge in [0.15, 0.2) is 0 Å². The molecule has 2 aliphatic carbocycles. The highest BCUT2D eigenvalue weighted by Gasteiger charge is 2.43. The molecule has 0 aromatic carbocycles. The Balaban J connectivity index is 2.05. The molecule has 5 unspecified atom stereocenters. The minimum Gasteiger partial charge on any atom is -0.481 e. The van der Waals surface area contributed by atoms with Crippen molar-refractivity contribution in [2.45, 2.75) is 65.8 Å². The molecule has 0 bridgehead atoms. The fraction of sp³-hybridized carbons (Fsp3) is 0.944. The van der Waals surface area contributed by atoms with Gasteiger partial charge in [0, 0.05) is 12.6 Å². The standard InChI is InChI=1S/C18H33NO2/c1-6-18(3,4)14-7-8-15(17(20)21)16(10-14)19(5)11-13-9-12(13)2/h12-16H,6-11H2,1-5H3,(H,20,21). The van der Waals surface area contributed by atoms with Gasteiger partial charge in [-0.2, -0.15) is 0 Å². The van der Waals surface area contributed by atoms with Gasteiger partial charge in [0.2, 0.25) is 0 Å². The van der Waals surface area contributed by atoms with E-state index in [1.807, 2.05) is 0 Å². The predicted molar refractivity (Wildman–Crippen MR) is 86.2 cm³/mol. The van der Waals surface area contributed by atoms with E-state index in [1.54, 1.807) is 0 Å². The van der Waals surface area contributed by atoms with Crippen molar-refractivity contribution in [3.05, 3.63) is 0 Å². The van der Waals surface area contributed by atoms with Crippen LogP contribution in [0.3, 0.4) is 0 Å². The van der Waals surface area contributed by atoms with E-state index < -0.39 is 5.97 Å². The van der Waals surface area contributed by atoms with Crippen molar-refractivity contribution < 1.29 is 9.90 Å². The molecule has 0 saturated heterocycles. The number of rotatable bonds is 6. The van der Waals surface area contributed by atoms with Crippen LogP contribution in [0.25, 0.3) is 0 Å². The Morgan fingerprint density at radius 3 is 2.38 bits per heavy atom. The Morgan fingerprint density at radius 1 is 1.29 bits per heavy atom. The first kappa shape index (κ1) is 16.8. The zero-order chi connectivity index (χ0) is 15.8. The highest BCUT2D eigenvalue weighted by Crippen LogP contribution is 2.45. The van der Waals surface area contributed by atoms with Gasteiger partial charge in [-0.3, -0.25) is 4.79 Å². The van der Waals surface area contributed by atoms with Crippen LogP contribution in [0.2, 0.25) is 0 Å². The van der Waals surface area contributed by atoms with Crippen LogP contribution in [0.5, 0.6) is 0 Å². The first-order chi connectivity index (χ1) is 9.76. The van der Waals surface area contributed by atoms with Gasteiger partial charge in [-0.25, -0.2) is 0 Å². The third-order valence-corrected chi connectivity index (χ3v) is 6.51. The second-order valence-electron chi connectivity index (χ2n) is 8.28. The van der Waals surface area contributed by atoms with Crippen molar-refractivity contribution in [2.24, 2.45) is 29.1 Å². The average Bonchev–Trinajstić information content (AvgIpc) is 3.13. The molecule has 3 heteroatoms. The maximum Gasteiger partial charge on any atom is 0.308 e. The lowest BCUT2D eigenvalue weighted by Crippen LogP contribution is -2.48. The van der Waals surface area contributed by atoms with Crippen LogP contribution < -0.4 is 0 Å². The highest BCUT2D eigenvalue weighted by molar-refractivity contribution is 5.71. The van der Waals surface area contributed by atoms with Crippen LogP contribution >= 0.6 is 0 Å². The van der Waals surface area contributed by atoms with E-state index in [1.165, 1.54) is 12.8 Å². The molecule has 0 spiro atoms. The molecule has 2 fully saturated rings. The monoisotopic (exact) mass is 295 g/mol. The Labute approximate surface area is 130 Å². The van der Waals surface area contributed by atoms with Gasteiger partial charge in [0.05, 0.1) is 5.92 Å². The quantitative estimate of drug-likeness (QED) is 0.808. The highest BCUT2D eigenvalue weighted by atomic mass is 16.4. The van der Waals surface area contributed by atoms with Crippen molar-refractivity contribution in [3.63, 3.8) is 0 Å². The maximum absolute atomic E-state index is 11.6. The molecule has 0 amide bonds. The topological polar surface area (TPSA) is 40.5 Å². The van der Waals surface area contributed by atoms with Crippen LogP contribution in [0, 0.1) is 29.1 Å². The first-order valence-corrected chi connectivity index (χ1v) is 8.69. The van der Waals surface area contributed by atoms with Gasteiger partial charge in [-0.1, -0.05) is 34.1 Å². The van der Waals surface area contributed by atoms with E-state index in [9.17, 15) is 9.90 Å². The second-order valence-corrected chi connectivity index (χ2v) is 8.28. The fourth-order valence-electron chi connectivity index (χ4n) is 4.08. The molecule has 1 N–H and O–H groups in total. The lowest BCUT2D eigenvalue weighted by atomic mass is 9.65. The van der Waals surface area contributed by atoms with Crippen LogP contribution in [0.4, 0.5) is 0 Å². The fourth-order valence-corrected chi connectivity index (χ4v) is 4.08. The second kappa shape index (κ2) is 6.28. The molecule has 2 rings (SSSR count). The minimum atomic E-state index is -0.594. The summed E-state index contributed by atoms with van der Waals surface area (Å²) in [5.74, 6) is 1.52. The van der Waals surface area contributed by atoms with Crippen molar-refractivity contribution in [2.75, 3.05) is 13.6 Å².